The number of nitrogens with one attached hydrogen (secondary N) is 4. The molecular weight excluding hydrogens is 1590 g/mol. The van der Waals surface area contributed by atoms with Gasteiger partial charge >= 0.3 is 5.91 Å². The number of amides is 12. The standard InChI is InChI=1S/3C6H8N2O.3C6H7NO2.3C6H7NOS.C5H7N3O.C5H6N2O2.C5H6N2OS.9CH4/c1-4-2-5(6(7)9)8-3-4;2*1-4-2-3-5(8-4)6(7)9;1-4-2-5(6(7)8)9-3-4;2*1-4-2-3-5(9-4)6(7)8;1-4-2-5(6(7)8)9-3-4;2*1-4-2-3-5(9-4)6(7)8;1-3-2-7-5(8-3)4(6)9;2*1-3-2-7-5(9-3)4(6)8;;;;;;;;;/h3*2-3,8H,1H3,(H2,7,9);6*2-3H,1H3,(H2,7,8);2H,1H3,(H2,6,9)(H,7,8);2*2H,1H3,(H2,6,8);9*1H4. The van der Waals surface area contributed by atoms with E-state index in [1.165, 1.54) is 57.8 Å². The Bertz CT molecular complexity index is 3830. The van der Waals surface area contributed by atoms with Crippen molar-refractivity contribution in [1.29, 1.82) is 0 Å². The molecule has 39 heteroatoms. The molecule has 0 aromatic carbocycles. The van der Waals surface area contributed by atoms with Crippen molar-refractivity contribution in [2.75, 3.05) is 0 Å². The predicted molar refractivity (Wildman–Crippen MR) is 468 cm³/mol. The average Bonchev–Trinajstić information content (AvgIpc) is 1.93. The van der Waals surface area contributed by atoms with Gasteiger partial charge in [0.1, 0.15) is 34.4 Å². The fourth-order valence-electron chi connectivity index (χ4n) is 6.80. The van der Waals surface area contributed by atoms with E-state index in [0.29, 0.717) is 54.0 Å². The Labute approximate surface area is 699 Å². The van der Waals surface area contributed by atoms with E-state index in [-0.39, 0.29) is 114 Å². The average molecular weight is 1710 g/mol. The largest absolute Gasteiger partial charge is 0.459 e. The lowest BCUT2D eigenvalue weighted by molar-refractivity contribution is 0.0959. The number of imidazole rings is 1. The maximum atomic E-state index is 10.4. The van der Waals surface area contributed by atoms with Gasteiger partial charge in [0.05, 0.1) is 27.1 Å². The minimum absolute atomic E-state index is 0. The summed E-state index contributed by atoms with van der Waals surface area (Å²) < 4.78 is 19.3. The number of H-pyrrole nitrogens is 4. The molecule has 0 aliphatic carbocycles. The SMILES string of the molecule is C.C.C.C.C.C.C.C.C.Cc1c[nH]c(C(N)=O)c1.Cc1ccc(C(N)=O)[nH]1.Cc1ccc(C(N)=O)[nH]1.Cc1ccc(C(N)=O)o1.Cc1ccc(C(N)=O)o1.Cc1ccc(C(N)=O)s1.Cc1ccc(C(N)=O)s1.Cc1cnc(C(N)=O)[nH]1.Cc1cnc(C(N)=O)o1.Cc1cnc(C(N)=O)s1.Cc1coc(C(N)=O)c1.Cc1csc(C(N)=O)c1. The molecule has 12 aromatic rings. The number of thiophene rings is 3. The maximum Gasteiger partial charge on any atom is 0.304 e. The van der Waals surface area contributed by atoms with Crippen LogP contribution in [0.25, 0.3) is 0 Å². The Morgan fingerprint density at radius 3 is 0.915 bits per heavy atom. The lowest BCUT2D eigenvalue weighted by Gasteiger charge is -1.84. The summed E-state index contributed by atoms with van der Waals surface area (Å²) in [6.07, 6.45) is 7.85. The summed E-state index contributed by atoms with van der Waals surface area (Å²) in [6, 6.07) is 25.8. The first-order chi connectivity index (χ1) is 50.4. The van der Waals surface area contributed by atoms with Crippen LogP contribution in [-0.4, -0.2) is 106 Å². The quantitative estimate of drug-likeness (QED) is 0.0540. The lowest BCUT2D eigenvalue weighted by atomic mass is 10.3. The summed E-state index contributed by atoms with van der Waals surface area (Å²) in [6.45, 7) is 22.2. The molecule has 0 aliphatic heterocycles. The minimum atomic E-state index is -0.636. The van der Waals surface area contributed by atoms with E-state index in [1.807, 2.05) is 72.9 Å². The van der Waals surface area contributed by atoms with Gasteiger partial charge in [-0.05, 0) is 196 Å². The second-order valence-corrected chi connectivity index (χ2v) is 26.4. The Morgan fingerprint density at radius 2 is 0.761 bits per heavy atom. The summed E-state index contributed by atoms with van der Waals surface area (Å²) in [7, 11) is 0. The van der Waals surface area contributed by atoms with Gasteiger partial charge in [-0.3, -0.25) is 57.5 Å². The van der Waals surface area contributed by atoms with E-state index in [0.717, 1.165) is 48.4 Å². The van der Waals surface area contributed by atoms with Gasteiger partial charge in [-0.2, -0.15) is 0 Å². The molecule has 12 heterocycles. The molecular formula is C78H121N19O16S4. The van der Waals surface area contributed by atoms with Crippen molar-refractivity contribution < 1.29 is 75.2 Å². The third kappa shape index (κ3) is 51.0. The molecule has 0 unspecified atom stereocenters. The van der Waals surface area contributed by atoms with Crippen LogP contribution in [0.3, 0.4) is 0 Å². The van der Waals surface area contributed by atoms with Gasteiger partial charge in [0.25, 0.3) is 70.9 Å². The van der Waals surface area contributed by atoms with E-state index in [2.05, 4.69) is 34.9 Å². The summed E-state index contributed by atoms with van der Waals surface area (Å²) >= 11 is 5.54. The van der Waals surface area contributed by atoms with Crippen molar-refractivity contribution in [1.82, 2.24) is 34.9 Å². The number of aromatic amines is 4. The monoisotopic (exact) mass is 1710 g/mol. The number of hydrogen-bond acceptors (Lipinski definition) is 23. The number of aryl methyl sites for hydroxylation is 12. The van der Waals surface area contributed by atoms with Crippen LogP contribution in [0.1, 0.15) is 256 Å². The van der Waals surface area contributed by atoms with Gasteiger partial charge in [0, 0.05) is 50.3 Å². The molecule has 0 fully saturated rings. The molecule has 0 aliphatic rings. The molecule has 648 valence electrons. The molecule has 12 rings (SSSR count). The number of primary amides is 12. The van der Waals surface area contributed by atoms with E-state index in [1.54, 1.807) is 125 Å². The van der Waals surface area contributed by atoms with Crippen LogP contribution in [0.2, 0.25) is 0 Å². The van der Waals surface area contributed by atoms with E-state index in [9.17, 15) is 57.5 Å². The Hall–Kier alpha value is -13.5. The van der Waals surface area contributed by atoms with Gasteiger partial charge in [0.15, 0.2) is 28.1 Å². The zero-order chi connectivity index (χ0) is 82.2. The van der Waals surface area contributed by atoms with E-state index >= 15 is 0 Å². The molecule has 0 radical (unpaired) electrons. The summed E-state index contributed by atoms with van der Waals surface area (Å²) in [4.78, 5) is 152. The zero-order valence-corrected chi connectivity index (χ0v) is 63.8. The van der Waals surface area contributed by atoms with E-state index < -0.39 is 53.2 Å². The van der Waals surface area contributed by atoms with Crippen molar-refractivity contribution in [3.8, 4) is 0 Å². The van der Waals surface area contributed by atoms with Crippen LogP contribution in [0, 0.1) is 83.1 Å². The highest BCUT2D eigenvalue weighted by Gasteiger charge is 2.09. The number of nitrogens with zero attached hydrogens (tertiary/aromatic N) is 3. The zero-order valence-electron chi connectivity index (χ0n) is 60.6. The molecule has 12 aromatic heterocycles. The number of hydrogen-bond donors (Lipinski definition) is 16. The molecule has 35 nitrogen and oxygen atoms in total. The normalized spacial score (nSPS) is 8.72. The van der Waals surface area contributed by atoms with Crippen LogP contribution in [0.5, 0.6) is 0 Å². The summed E-state index contributed by atoms with van der Waals surface area (Å²) in [5.74, 6) is -2.64. The molecule has 0 atom stereocenters. The molecule has 28 N–H and O–H groups in total. The van der Waals surface area contributed by atoms with Crippen molar-refractivity contribution >= 4 is 116 Å². The number of aromatic nitrogens is 7. The van der Waals surface area contributed by atoms with Gasteiger partial charge in [-0.1, -0.05) is 66.8 Å². The second kappa shape index (κ2) is 62.0. The first-order valence-corrected chi connectivity index (χ1v) is 34.0. The number of oxazole rings is 1. The van der Waals surface area contributed by atoms with Gasteiger partial charge in [-0.25, -0.2) is 15.0 Å². The maximum absolute atomic E-state index is 10.4. The highest BCUT2D eigenvalue weighted by Crippen LogP contribution is 2.16. The topological polar surface area (TPSA) is 671 Å². The van der Waals surface area contributed by atoms with Crippen LogP contribution >= 0.6 is 45.3 Å². The van der Waals surface area contributed by atoms with Crippen LogP contribution < -0.4 is 68.8 Å². The van der Waals surface area contributed by atoms with Crippen molar-refractivity contribution in [3.63, 3.8) is 0 Å². The van der Waals surface area contributed by atoms with E-state index in [4.69, 9.17) is 86.5 Å². The van der Waals surface area contributed by atoms with Gasteiger partial charge in [-0.15, -0.1) is 45.3 Å². The molecule has 117 heavy (non-hydrogen) atoms. The van der Waals surface area contributed by atoms with Crippen molar-refractivity contribution in [2.24, 2.45) is 68.8 Å². The first kappa shape index (κ1) is 122. The fraction of sp³-hybridized carbons (Fsp3) is 0.269. The predicted octanol–water partition coefficient (Wildman–Crippen LogP) is 13.0. The number of rotatable bonds is 12. The number of furan rings is 3. The third-order valence-electron chi connectivity index (χ3n) is 11.8. The second-order valence-electron chi connectivity index (χ2n) is 21.7. The number of carbonyl (C=O) groups is 12. The highest BCUT2D eigenvalue weighted by molar-refractivity contribution is 7.14. The Balaban J connectivity index is -0.000000154. The molecule has 12 amide bonds. The van der Waals surface area contributed by atoms with Gasteiger partial charge in [0.2, 0.25) is 0 Å². The van der Waals surface area contributed by atoms with Crippen LogP contribution in [-0.2, 0) is 0 Å². The summed E-state index contributed by atoms with van der Waals surface area (Å²) in [5, 5.41) is 2.28. The number of carbonyl (C=O) groups excluding carboxylic acids is 12. The smallest absolute Gasteiger partial charge is 0.304 e. The minimum Gasteiger partial charge on any atom is -0.459 e. The third-order valence-corrected chi connectivity index (χ3v) is 15.8. The van der Waals surface area contributed by atoms with Crippen molar-refractivity contribution in [3.05, 3.63) is 259 Å². The summed E-state index contributed by atoms with van der Waals surface area (Å²) in [5.41, 5.74) is 66.4. The molecule has 0 saturated heterocycles. The van der Waals surface area contributed by atoms with Gasteiger partial charge < -0.3 is 106 Å². The lowest BCUT2D eigenvalue weighted by Crippen LogP contribution is -2.12. The molecule has 0 spiro atoms. The first-order valence-electron chi connectivity index (χ1n) is 30.7. The molecule has 0 bridgehead atoms. The molecule has 0 saturated carbocycles. The Kier molecular flexibility index (Phi) is 64.5. The Morgan fingerprint density at radius 1 is 0.325 bits per heavy atom. The number of nitrogens with two attached hydrogens (primary N) is 12. The highest BCUT2D eigenvalue weighted by atomic mass is 32.1. The van der Waals surface area contributed by atoms with Crippen LogP contribution in [0.15, 0.2) is 145 Å². The fourth-order valence-corrected chi connectivity index (χ4v) is 9.61. The van der Waals surface area contributed by atoms with Crippen molar-refractivity contribution in [2.45, 2.75) is 150 Å². The number of thiazole rings is 1. The van der Waals surface area contributed by atoms with Crippen LogP contribution in [0.4, 0.5) is 0 Å².